The van der Waals surface area contributed by atoms with Gasteiger partial charge in [-0.25, -0.2) is 4.79 Å². The lowest BCUT2D eigenvalue weighted by Gasteiger charge is -2.37. The summed E-state index contributed by atoms with van der Waals surface area (Å²) in [5, 5.41) is 16.0. The molecule has 1 unspecified atom stereocenters. The summed E-state index contributed by atoms with van der Waals surface area (Å²) in [6, 6.07) is -0.298. The van der Waals surface area contributed by atoms with E-state index in [2.05, 4.69) is 14.9 Å². The van der Waals surface area contributed by atoms with Crippen molar-refractivity contribution in [3.05, 3.63) is 6.20 Å². The van der Waals surface area contributed by atoms with Crippen LogP contribution in [0.15, 0.2) is 6.20 Å². The fourth-order valence-electron chi connectivity index (χ4n) is 1.99. The summed E-state index contributed by atoms with van der Waals surface area (Å²) in [7, 11) is 0. The van der Waals surface area contributed by atoms with E-state index in [1.54, 1.807) is 6.92 Å². The number of carboxylic acid groups (broad SMARTS) is 1. The smallest absolute Gasteiger partial charge is 0.322 e. The lowest BCUT2D eigenvalue weighted by atomic mass is 9.82. The molecule has 98 valence electrons. The number of rotatable bonds is 2. The highest BCUT2D eigenvalue weighted by Crippen LogP contribution is 2.30. The van der Waals surface area contributed by atoms with Crippen molar-refractivity contribution in [2.45, 2.75) is 19.8 Å². The molecule has 2 heterocycles. The van der Waals surface area contributed by atoms with E-state index >= 15 is 0 Å². The minimum atomic E-state index is -0.862. The number of carboxylic acids is 1. The summed E-state index contributed by atoms with van der Waals surface area (Å²) in [5.74, 6) is -0.862. The molecule has 1 aliphatic heterocycles. The Kier molecular flexibility index (Phi) is 3.46. The average Bonchev–Trinajstić information content (AvgIpc) is 2.81. The van der Waals surface area contributed by atoms with Crippen LogP contribution >= 0.6 is 11.5 Å². The van der Waals surface area contributed by atoms with Gasteiger partial charge in [-0.15, -0.1) is 5.10 Å². The summed E-state index contributed by atoms with van der Waals surface area (Å²) in [6.07, 6.45) is 2.74. The first-order valence-electron chi connectivity index (χ1n) is 5.58. The monoisotopic (exact) mass is 270 g/mol. The first kappa shape index (κ1) is 12.7. The number of amides is 2. The zero-order chi connectivity index (χ0) is 13.2. The standard InChI is InChI=1S/C10H14N4O3S/c1-10(8(15)16)3-2-4-14(6-10)9(17)12-7-5-11-13-18-7/h5H,2-4,6H2,1H3,(H,12,17)(H,15,16). The number of hydrogen-bond donors (Lipinski definition) is 2. The van der Waals surface area contributed by atoms with Gasteiger partial charge in [0.05, 0.1) is 11.6 Å². The van der Waals surface area contributed by atoms with E-state index in [4.69, 9.17) is 0 Å². The van der Waals surface area contributed by atoms with Crippen LogP contribution < -0.4 is 5.32 Å². The van der Waals surface area contributed by atoms with Gasteiger partial charge in [-0.2, -0.15) is 0 Å². The molecule has 1 aromatic rings. The molecule has 8 heteroatoms. The number of aromatic nitrogens is 2. The molecular formula is C10H14N4O3S. The highest BCUT2D eigenvalue weighted by Gasteiger charge is 2.39. The third-order valence-electron chi connectivity index (χ3n) is 3.09. The summed E-state index contributed by atoms with van der Waals surface area (Å²) >= 11 is 1.09. The molecule has 1 aliphatic rings. The predicted molar refractivity (Wildman–Crippen MR) is 65.5 cm³/mol. The van der Waals surface area contributed by atoms with Crippen LogP contribution in [0, 0.1) is 5.41 Å². The minimum Gasteiger partial charge on any atom is -0.481 e. The number of carbonyl (C=O) groups is 2. The Balaban J connectivity index is 2.00. The van der Waals surface area contributed by atoms with Crippen molar-refractivity contribution < 1.29 is 14.7 Å². The number of likely N-dealkylation sites (tertiary alicyclic amines) is 1. The highest BCUT2D eigenvalue weighted by molar-refractivity contribution is 7.10. The van der Waals surface area contributed by atoms with Crippen molar-refractivity contribution in [1.82, 2.24) is 14.5 Å². The van der Waals surface area contributed by atoms with Crippen LogP contribution in [0.4, 0.5) is 9.80 Å². The Morgan fingerprint density at radius 3 is 3.00 bits per heavy atom. The van der Waals surface area contributed by atoms with E-state index in [0.29, 0.717) is 24.4 Å². The molecule has 1 atom stereocenters. The maximum absolute atomic E-state index is 11.9. The number of nitrogens with zero attached hydrogens (tertiary/aromatic N) is 3. The average molecular weight is 270 g/mol. The van der Waals surface area contributed by atoms with Gasteiger partial charge < -0.3 is 10.0 Å². The fraction of sp³-hybridized carbons (Fsp3) is 0.600. The molecule has 2 N–H and O–H groups in total. The Morgan fingerprint density at radius 1 is 1.61 bits per heavy atom. The molecule has 2 rings (SSSR count). The van der Waals surface area contributed by atoms with E-state index in [0.717, 1.165) is 11.5 Å². The van der Waals surface area contributed by atoms with Crippen LogP contribution in [-0.2, 0) is 4.79 Å². The number of anilines is 1. The molecule has 0 aliphatic carbocycles. The molecule has 1 aromatic heterocycles. The molecule has 0 bridgehead atoms. The third kappa shape index (κ3) is 2.58. The van der Waals surface area contributed by atoms with Crippen molar-refractivity contribution in [3.63, 3.8) is 0 Å². The van der Waals surface area contributed by atoms with Crippen molar-refractivity contribution in [3.8, 4) is 0 Å². The van der Waals surface area contributed by atoms with Gasteiger partial charge >= 0.3 is 12.0 Å². The molecule has 1 fully saturated rings. The van der Waals surface area contributed by atoms with Crippen LogP contribution in [0.5, 0.6) is 0 Å². The summed E-state index contributed by atoms with van der Waals surface area (Å²) < 4.78 is 3.64. The second kappa shape index (κ2) is 4.89. The third-order valence-corrected chi connectivity index (χ3v) is 3.67. The summed E-state index contributed by atoms with van der Waals surface area (Å²) in [6.45, 7) is 2.46. The second-order valence-electron chi connectivity index (χ2n) is 4.60. The van der Waals surface area contributed by atoms with Crippen LogP contribution in [0.25, 0.3) is 0 Å². The lowest BCUT2D eigenvalue weighted by Crippen LogP contribution is -2.49. The van der Waals surface area contributed by atoms with Gasteiger partial charge in [-0.05, 0) is 19.8 Å². The summed E-state index contributed by atoms with van der Waals surface area (Å²) in [5.41, 5.74) is -0.860. The zero-order valence-corrected chi connectivity index (χ0v) is 10.7. The first-order valence-corrected chi connectivity index (χ1v) is 6.35. The zero-order valence-electron chi connectivity index (χ0n) is 9.92. The Labute approximate surface area is 108 Å². The van der Waals surface area contributed by atoms with Gasteiger partial charge in [0.25, 0.3) is 0 Å². The van der Waals surface area contributed by atoms with Gasteiger partial charge in [-0.1, -0.05) is 4.49 Å². The Hall–Kier alpha value is -1.70. The van der Waals surface area contributed by atoms with E-state index in [1.165, 1.54) is 11.1 Å². The fourth-order valence-corrected chi connectivity index (χ4v) is 2.40. The first-order chi connectivity index (χ1) is 8.51. The molecular weight excluding hydrogens is 256 g/mol. The molecule has 0 saturated carbocycles. The number of urea groups is 1. The van der Waals surface area contributed by atoms with Crippen molar-refractivity contribution in [1.29, 1.82) is 0 Å². The Morgan fingerprint density at radius 2 is 2.39 bits per heavy atom. The summed E-state index contributed by atoms with van der Waals surface area (Å²) in [4.78, 5) is 24.7. The maximum Gasteiger partial charge on any atom is 0.322 e. The van der Waals surface area contributed by atoms with Crippen LogP contribution in [0.3, 0.4) is 0 Å². The number of carbonyl (C=O) groups excluding carboxylic acids is 1. The van der Waals surface area contributed by atoms with Gasteiger partial charge in [0.1, 0.15) is 5.00 Å². The van der Waals surface area contributed by atoms with Gasteiger partial charge in [-0.3, -0.25) is 10.1 Å². The quantitative estimate of drug-likeness (QED) is 0.843. The van der Waals surface area contributed by atoms with E-state index in [-0.39, 0.29) is 12.6 Å². The molecule has 0 aromatic carbocycles. The van der Waals surface area contributed by atoms with E-state index in [1.807, 2.05) is 0 Å². The minimum absolute atomic E-state index is 0.223. The van der Waals surface area contributed by atoms with E-state index < -0.39 is 11.4 Å². The van der Waals surface area contributed by atoms with Crippen molar-refractivity contribution in [2.75, 3.05) is 18.4 Å². The largest absolute Gasteiger partial charge is 0.481 e. The normalized spacial score (nSPS) is 23.7. The SMILES string of the molecule is CC1(C(=O)O)CCCN(C(=O)Nc2cnns2)C1. The topological polar surface area (TPSA) is 95.4 Å². The van der Waals surface area contributed by atoms with Gasteiger partial charge in [0.15, 0.2) is 0 Å². The molecule has 2 amide bonds. The van der Waals surface area contributed by atoms with E-state index in [9.17, 15) is 14.7 Å². The number of aliphatic carboxylic acids is 1. The number of piperidine rings is 1. The molecule has 0 spiro atoms. The van der Waals surface area contributed by atoms with Crippen LogP contribution in [0.2, 0.25) is 0 Å². The molecule has 7 nitrogen and oxygen atoms in total. The second-order valence-corrected chi connectivity index (χ2v) is 5.39. The predicted octanol–water partition coefficient (Wildman–Crippen LogP) is 1.26. The number of hydrogen-bond acceptors (Lipinski definition) is 5. The van der Waals surface area contributed by atoms with Crippen LogP contribution in [0.1, 0.15) is 19.8 Å². The lowest BCUT2D eigenvalue weighted by molar-refractivity contribution is -0.150. The molecule has 1 saturated heterocycles. The number of nitrogens with one attached hydrogen (secondary N) is 1. The molecule has 0 radical (unpaired) electrons. The van der Waals surface area contributed by atoms with Gasteiger partial charge in [0.2, 0.25) is 0 Å². The maximum atomic E-state index is 11.9. The Bertz CT molecular complexity index is 450. The van der Waals surface area contributed by atoms with Crippen LogP contribution in [-0.4, -0.2) is 44.7 Å². The van der Waals surface area contributed by atoms with Crippen molar-refractivity contribution >= 4 is 28.5 Å². The van der Waals surface area contributed by atoms with Gasteiger partial charge in [0, 0.05) is 24.6 Å². The highest BCUT2D eigenvalue weighted by atomic mass is 32.1. The molecule has 18 heavy (non-hydrogen) atoms. The van der Waals surface area contributed by atoms with Crippen molar-refractivity contribution in [2.24, 2.45) is 5.41 Å².